The van der Waals surface area contributed by atoms with Gasteiger partial charge in [-0.1, -0.05) is 12.1 Å². The maximum absolute atomic E-state index is 13.6. The van der Waals surface area contributed by atoms with Crippen LogP contribution in [-0.4, -0.2) is 49.1 Å². The average molecular weight is 364 g/mol. The Morgan fingerprint density at radius 2 is 2.00 bits per heavy atom. The Balaban J connectivity index is 1.68. The molecular weight excluding hydrogens is 347 g/mol. The van der Waals surface area contributed by atoms with Crippen LogP contribution in [0.15, 0.2) is 36.4 Å². The molecule has 0 radical (unpaired) electrons. The Morgan fingerprint density at radius 3 is 2.60 bits per heavy atom. The first-order chi connectivity index (χ1) is 11.9. The van der Waals surface area contributed by atoms with Crippen LogP contribution in [0.25, 0.3) is 0 Å². The van der Waals surface area contributed by atoms with E-state index in [1.54, 1.807) is 30.1 Å². The molecule has 2 heterocycles. The lowest BCUT2D eigenvalue weighted by atomic mass is 10.2. The standard InChI is InChI=1S/C16H17FN4O3S/c1-21(11-8-9-25(23,24)10-11)15-7-6-14(19-20-15)18-16(22)12-4-2-3-5-13(12)17/h2-7,11H,8-10H2,1H3,(H,18,19,22). The van der Waals surface area contributed by atoms with E-state index in [0.29, 0.717) is 12.2 Å². The van der Waals surface area contributed by atoms with Gasteiger partial charge in [0.15, 0.2) is 21.5 Å². The van der Waals surface area contributed by atoms with Gasteiger partial charge in [0.25, 0.3) is 5.91 Å². The minimum Gasteiger partial charge on any atom is -0.354 e. The number of hydrogen-bond acceptors (Lipinski definition) is 6. The van der Waals surface area contributed by atoms with Crippen LogP contribution in [0.1, 0.15) is 16.8 Å². The molecular formula is C16H17FN4O3S. The number of carbonyl (C=O) groups excluding carboxylic acids is 1. The van der Waals surface area contributed by atoms with Gasteiger partial charge in [-0.3, -0.25) is 4.79 Å². The predicted molar refractivity (Wildman–Crippen MR) is 91.8 cm³/mol. The van der Waals surface area contributed by atoms with Gasteiger partial charge in [0.05, 0.1) is 17.1 Å². The van der Waals surface area contributed by atoms with Gasteiger partial charge in [-0.05, 0) is 30.7 Å². The van der Waals surface area contributed by atoms with Crippen LogP contribution in [0, 0.1) is 5.82 Å². The Bertz CT molecular complexity index is 887. The first-order valence-electron chi connectivity index (χ1n) is 7.68. The highest BCUT2D eigenvalue weighted by atomic mass is 32.2. The van der Waals surface area contributed by atoms with Crippen LogP contribution in [-0.2, 0) is 9.84 Å². The van der Waals surface area contributed by atoms with Crippen molar-refractivity contribution in [3.8, 4) is 0 Å². The first kappa shape index (κ1) is 17.3. The number of nitrogens with zero attached hydrogens (tertiary/aromatic N) is 3. The van der Waals surface area contributed by atoms with Crippen molar-refractivity contribution < 1.29 is 17.6 Å². The summed E-state index contributed by atoms with van der Waals surface area (Å²) in [6.07, 6.45) is 0.548. The summed E-state index contributed by atoms with van der Waals surface area (Å²) in [7, 11) is -1.23. The molecule has 1 aliphatic rings. The van der Waals surface area contributed by atoms with Crippen LogP contribution in [0.3, 0.4) is 0 Å². The van der Waals surface area contributed by atoms with E-state index in [0.717, 1.165) is 0 Å². The minimum absolute atomic E-state index is 0.0818. The second-order valence-electron chi connectivity index (χ2n) is 5.88. The zero-order chi connectivity index (χ0) is 18.0. The fourth-order valence-corrected chi connectivity index (χ4v) is 4.45. The van der Waals surface area contributed by atoms with Crippen molar-refractivity contribution in [2.45, 2.75) is 12.5 Å². The first-order valence-corrected chi connectivity index (χ1v) is 9.51. The third-order valence-corrected chi connectivity index (χ3v) is 5.88. The Kier molecular flexibility index (Phi) is 4.67. The number of aromatic nitrogens is 2. The zero-order valence-corrected chi connectivity index (χ0v) is 14.3. The van der Waals surface area contributed by atoms with Crippen LogP contribution in [0.2, 0.25) is 0 Å². The summed E-state index contributed by atoms with van der Waals surface area (Å²) in [5.41, 5.74) is -0.0818. The lowest BCUT2D eigenvalue weighted by Crippen LogP contribution is -2.33. The molecule has 0 spiro atoms. The summed E-state index contributed by atoms with van der Waals surface area (Å²) >= 11 is 0. The SMILES string of the molecule is CN(c1ccc(NC(=O)c2ccccc2F)nn1)C1CCS(=O)(=O)C1. The Labute approximate surface area is 144 Å². The van der Waals surface area contributed by atoms with E-state index in [-0.39, 0.29) is 28.9 Å². The summed E-state index contributed by atoms with van der Waals surface area (Å²) in [5, 5.41) is 10.4. The Hall–Kier alpha value is -2.55. The molecule has 9 heteroatoms. The number of carbonyl (C=O) groups is 1. The Morgan fingerprint density at radius 1 is 1.24 bits per heavy atom. The smallest absolute Gasteiger partial charge is 0.259 e. The summed E-state index contributed by atoms with van der Waals surface area (Å²) in [6.45, 7) is 0. The van der Waals surface area contributed by atoms with Crippen molar-refractivity contribution in [2.75, 3.05) is 28.8 Å². The molecule has 0 aliphatic carbocycles. The van der Waals surface area contributed by atoms with Crippen molar-refractivity contribution in [3.05, 3.63) is 47.8 Å². The van der Waals surface area contributed by atoms with Crippen LogP contribution < -0.4 is 10.2 Å². The van der Waals surface area contributed by atoms with E-state index in [1.807, 2.05) is 0 Å². The van der Waals surface area contributed by atoms with Crippen molar-refractivity contribution >= 4 is 27.4 Å². The highest BCUT2D eigenvalue weighted by molar-refractivity contribution is 7.91. The summed E-state index contributed by atoms with van der Waals surface area (Å²) in [4.78, 5) is 13.8. The average Bonchev–Trinajstić information content (AvgIpc) is 2.95. The minimum atomic E-state index is -2.99. The fraction of sp³-hybridized carbons (Fsp3) is 0.312. The van der Waals surface area contributed by atoms with Gasteiger partial charge < -0.3 is 10.2 Å². The van der Waals surface area contributed by atoms with E-state index < -0.39 is 21.6 Å². The molecule has 2 aromatic rings. The van der Waals surface area contributed by atoms with Gasteiger partial charge in [-0.15, -0.1) is 10.2 Å². The predicted octanol–water partition coefficient (Wildman–Crippen LogP) is 1.49. The summed E-state index contributed by atoms with van der Waals surface area (Å²) < 4.78 is 36.7. The molecule has 25 heavy (non-hydrogen) atoms. The monoisotopic (exact) mass is 364 g/mol. The molecule has 1 N–H and O–H groups in total. The van der Waals surface area contributed by atoms with Crippen LogP contribution in [0.4, 0.5) is 16.0 Å². The molecule has 1 atom stereocenters. The summed E-state index contributed by atoms with van der Waals surface area (Å²) in [6, 6.07) is 8.68. The number of benzene rings is 1. The molecule has 1 saturated heterocycles. The summed E-state index contributed by atoms with van der Waals surface area (Å²) in [5.74, 6) is -0.277. The quantitative estimate of drug-likeness (QED) is 0.884. The third kappa shape index (κ3) is 3.93. The van der Waals surface area contributed by atoms with E-state index in [1.165, 1.54) is 18.2 Å². The lowest BCUT2D eigenvalue weighted by molar-refractivity contribution is 0.102. The number of halogens is 1. The molecule has 1 fully saturated rings. The fourth-order valence-electron chi connectivity index (χ4n) is 2.68. The number of rotatable bonds is 4. The lowest BCUT2D eigenvalue weighted by Gasteiger charge is -2.23. The highest BCUT2D eigenvalue weighted by Crippen LogP contribution is 2.21. The van der Waals surface area contributed by atoms with Crippen molar-refractivity contribution in [2.24, 2.45) is 0 Å². The van der Waals surface area contributed by atoms with Crippen LogP contribution in [0.5, 0.6) is 0 Å². The molecule has 1 aromatic carbocycles. The van der Waals surface area contributed by atoms with Gasteiger partial charge >= 0.3 is 0 Å². The highest BCUT2D eigenvalue weighted by Gasteiger charge is 2.31. The van der Waals surface area contributed by atoms with Gasteiger partial charge in [0.2, 0.25) is 0 Å². The van der Waals surface area contributed by atoms with E-state index in [2.05, 4.69) is 15.5 Å². The van der Waals surface area contributed by atoms with E-state index in [9.17, 15) is 17.6 Å². The van der Waals surface area contributed by atoms with E-state index >= 15 is 0 Å². The molecule has 0 bridgehead atoms. The van der Waals surface area contributed by atoms with Crippen molar-refractivity contribution in [1.82, 2.24) is 10.2 Å². The number of nitrogens with one attached hydrogen (secondary N) is 1. The molecule has 1 aromatic heterocycles. The number of hydrogen-bond donors (Lipinski definition) is 1. The normalized spacial score (nSPS) is 18.7. The third-order valence-electron chi connectivity index (χ3n) is 4.13. The molecule has 3 rings (SSSR count). The van der Waals surface area contributed by atoms with Gasteiger partial charge in [-0.25, -0.2) is 12.8 Å². The maximum atomic E-state index is 13.6. The topological polar surface area (TPSA) is 92.3 Å². The van der Waals surface area contributed by atoms with Gasteiger partial charge in [0, 0.05) is 13.1 Å². The maximum Gasteiger partial charge on any atom is 0.259 e. The van der Waals surface area contributed by atoms with Crippen molar-refractivity contribution in [3.63, 3.8) is 0 Å². The number of anilines is 2. The van der Waals surface area contributed by atoms with Crippen LogP contribution >= 0.6 is 0 Å². The molecule has 1 unspecified atom stereocenters. The molecule has 1 amide bonds. The van der Waals surface area contributed by atoms with Gasteiger partial charge in [0.1, 0.15) is 5.82 Å². The van der Waals surface area contributed by atoms with E-state index in [4.69, 9.17) is 0 Å². The van der Waals surface area contributed by atoms with Crippen molar-refractivity contribution in [1.29, 1.82) is 0 Å². The van der Waals surface area contributed by atoms with Gasteiger partial charge in [-0.2, -0.15) is 0 Å². The molecule has 132 valence electrons. The number of sulfone groups is 1. The zero-order valence-electron chi connectivity index (χ0n) is 13.5. The number of amides is 1. The molecule has 7 nitrogen and oxygen atoms in total. The largest absolute Gasteiger partial charge is 0.354 e. The second kappa shape index (κ2) is 6.75. The molecule has 0 saturated carbocycles. The second-order valence-corrected chi connectivity index (χ2v) is 8.11. The molecule has 1 aliphatic heterocycles.